The maximum Gasteiger partial charge on any atom is 0.261 e. The molecule has 0 aliphatic rings. The number of hydrogen-bond acceptors (Lipinski definition) is 2. The number of hydrogen-bond donors (Lipinski definition) is 1. The molecule has 0 unspecified atom stereocenters. The van der Waals surface area contributed by atoms with Gasteiger partial charge in [0.25, 0.3) is 10.0 Å². The summed E-state index contributed by atoms with van der Waals surface area (Å²) in [7, 11) is -3.56. The first-order valence-electron chi connectivity index (χ1n) is 6.67. The lowest BCUT2D eigenvalue weighted by Gasteiger charge is -2.10. The van der Waals surface area contributed by atoms with Crippen LogP contribution in [0, 0.1) is 13.8 Å². The Balaban J connectivity index is 2.25. The summed E-state index contributed by atoms with van der Waals surface area (Å²) in [6.45, 7) is 3.87. The Bertz CT molecular complexity index is 704. The van der Waals surface area contributed by atoms with Gasteiger partial charge in [0.15, 0.2) is 0 Å². The Hall–Kier alpha value is -1.52. The van der Waals surface area contributed by atoms with Gasteiger partial charge in [-0.25, -0.2) is 8.42 Å². The van der Waals surface area contributed by atoms with Crippen molar-refractivity contribution < 1.29 is 8.42 Å². The SMILES string of the molecule is Cc1cc(C)cc(NS(=O)(=O)c2ccc(CCCl)cc2)c1. The molecule has 0 spiro atoms. The Morgan fingerprint density at radius 1 is 1.00 bits per heavy atom. The molecule has 2 aromatic carbocycles. The number of sulfonamides is 1. The summed E-state index contributed by atoms with van der Waals surface area (Å²) in [6, 6.07) is 12.4. The number of nitrogens with one attached hydrogen (secondary N) is 1. The highest BCUT2D eigenvalue weighted by Crippen LogP contribution is 2.19. The molecule has 0 radical (unpaired) electrons. The number of alkyl halides is 1. The first-order chi connectivity index (χ1) is 9.90. The molecule has 2 aromatic rings. The van der Waals surface area contributed by atoms with E-state index in [1.807, 2.05) is 32.0 Å². The molecule has 0 saturated heterocycles. The number of rotatable bonds is 5. The van der Waals surface area contributed by atoms with Crippen LogP contribution in [0.15, 0.2) is 47.4 Å². The van der Waals surface area contributed by atoms with E-state index in [-0.39, 0.29) is 4.90 Å². The highest BCUT2D eigenvalue weighted by Gasteiger charge is 2.14. The highest BCUT2D eigenvalue weighted by atomic mass is 35.5. The molecule has 1 N–H and O–H groups in total. The van der Waals surface area contributed by atoms with Crippen LogP contribution in [0.3, 0.4) is 0 Å². The quantitative estimate of drug-likeness (QED) is 0.849. The third kappa shape index (κ3) is 4.22. The molecule has 0 bridgehead atoms. The lowest BCUT2D eigenvalue weighted by Crippen LogP contribution is -2.13. The summed E-state index contributed by atoms with van der Waals surface area (Å²) in [5.41, 5.74) is 3.64. The molecule has 2 rings (SSSR count). The summed E-state index contributed by atoms with van der Waals surface area (Å²) < 4.78 is 27.3. The average molecular weight is 324 g/mol. The summed E-state index contributed by atoms with van der Waals surface area (Å²) in [5, 5.41) is 0. The lowest BCUT2D eigenvalue weighted by atomic mass is 10.1. The van der Waals surface area contributed by atoms with E-state index in [0.29, 0.717) is 11.6 Å². The van der Waals surface area contributed by atoms with Crippen molar-refractivity contribution in [3.8, 4) is 0 Å². The molecular formula is C16H18ClNO2S. The summed E-state index contributed by atoms with van der Waals surface area (Å²) in [5.74, 6) is 0.521. The van der Waals surface area contributed by atoms with Crippen molar-refractivity contribution in [3.05, 3.63) is 59.2 Å². The molecule has 0 atom stereocenters. The summed E-state index contributed by atoms with van der Waals surface area (Å²) in [6.07, 6.45) is 0.729. The van der Waals surface area contributed by atoms with Crippen molar-refractivity contribution in [2.75, 3.05) is 10.6 Å². The Morgan fingerprint density at radius 3 is 2.10 bits per heavy atom. The zero-order valence-corrected chi connectivity index (χ0v) is 13.6. The van der Waals surface area contributed by atoms with Crippen LogP contribution in [0.25, 0.3) is 0 Å². The van der Waals surface area contributed by atoms with E-state index in [2.05, 4.69) is 4.72 Å². The van der Waals surface area contributed by atoms with Crippen LogP contribution in [-0.4, -0.2) is 14.3 Å². The molecule has 5 heteroatoms. The first-order valence-corrected chi connectivity index (χ1v) is 8.68. The van der Waals surface area contributed by atoms with Crippen molar-refractivity contribution in [1.29, 1.82) is 0 Å². The Labute approximate surface area is 131 Å². The van der Waals surface area contributed by atoms with Gasteiger partial charge in [-0.3, -0.25) is 4.72 Å². The molecule has 0 fully saturated rings. The van der Waals surface area contributed by atoms with E-state index < -0.39 is 10.0 Å². The van der Waals surface area contributed by atoms with Crippen molar-refractivity contribution in [2.24, 2.45) is 0 Å². The Morgan fingerprint density at radius 2 is 1.57 bits per heavy atom. The van der Waals surface area contributed by atoms with Gasteiger partial charge in [-0.05, 0) is 61.2 Å². The van der Waals surface area contributed by atoms with Crippen molar-refractivity contribution in [2.45, 2.75) is 25.2 Å². The second kappa shape index (κ2) is 6.50. The molecule has 0 saturated carbocycles. The second-order valence-electron chi connectivity index (χ2n) is 5.06. The highest BCUT2D eigenvalue weighted by molar-refractivity contribution is 7.92. The molecule has 0 aromatic heterocycles. The molecular weight excluding hydrogens is 306 g/mol. The molecule has 0 aliphatic carbocycles. The van der Waals surface area contributed by atoms with Crippen molar-refractivity contribution in [1.82, 2.24) is 0 Å². The molecule has 112 valence electrons. The fraction of sp³-hybridized carbons (Fsp3) is 0.250. The normalized spacial score (nSPS) is 11.4. The zero-order chi connectivity index (χ0) is 15.5. The standard InChI is InChI=1S/C16H18ClNO2S/c1-12-9-13(2)11-15(10-12)18-21(19,20)16-5-3-14(4-6-16)7-8-17/h3-6,9-11,18H,7-8H2,1-2H3. The average Bonchev–Trinajstić information content (AvgIpc) is 2.38. The van der Waals surface area contributed by atoms with E-state index in [1.54, 1.807) is 24.3 Å². The molecule has 0 heterocycles. The van der Waals surface area contributed by atoms with Crippen LogP contribution in [0.2, 0.25) is 0 Å². The minimum absolute atomic E-state index is 0.250. The maximum absolute atomic E-state index is 12.4. The smallest absolute Gasteiger partial charge is 0.261 e. The van der Waals surface area contributed by atoms with Gasteiger partial charge in [0, 0.05) is 11.6 Å². The van der Waals surface area contributed by atoms with Crippen LogP contribution in [0.1, 0.15) is 16.7 Å². The number of anilines is 1. The first kappa shape index (κ1) is 15.9. The van der Waals surface area contributed by atoms with Crippen LogP contribution in [-0.2, 0) is 16.4 Å². The summed E-state index contributed by atoms with van der Waals surface area (Å²) >= 11 is 5.67. The Kier molecular flexibility index (Phi) is 4.91. The predicted molar refractivity (Wildman–Crippen MR) is 87.6 cm³/mol. The minimum atomic E-state index is -3.56. The van der Waals surface area contributed by atoms with Crippen LogP contribution >= 0.6 is 11.6 Å². The monoisotopic (exact) mass is 323 g/mol. The van der Waals surface area contributed by atoms with Crippen LogP contribution in [0.5, 0.6) is 0 Å². The summed E-state index contributed by atoms with van der Waals surface area (Å²) in [4.78, 5) is 0.250. The van der Waals surface area contributed by atoms with Crippen molar-refractivity contribution >= 4 is 27.3 Å². The molecule has 3 nitrogen and oxygen atoms in total. The van der Waals surface area contributed by atoms with Gasteiger partial charge in [0.1, 0.15) is 0 Å². The van der Waals surface area contributed by atoms with E-state index >= 15 is 0 Å². The van der Waals surface area contributed by atoms with Gasteiger partial charge in [0.05, 0.1) is 4.90 Å². The molecule has 0 amide bonds. The second-order valence-corrected chi connectivity index (χ2v) is 7.13. The van der Waals surface area contributed by atoms with Gasteiger partial charge in [0.2, 0.25) is 0 Å². The van der Waals surface area contributed by atoms with E-state index in [1.165, 1.54) is 0 Å². The minimum Gasteiger partial charge on any atom is -0.280 e. The third-order valence-electron chi connectivity index (χ3n) is 3.09. The largest absolute Gasteiger partial charge is 0.280 e. The predicted octanol–water partition coefficient (Wildman–Crippen LogP) is 3.89. The number of halogens is 1. The van der Waals surface area contributed by atoms with Crippen LogP contribution < -0.4 is 4.72 Å². The molecule has 21 heavy (non-hydrogen) atoms. The fourth-order valence-corrected chi connectivity index (χ4v) is 3.45. The topological polar surface area (TPSA) is 46.2 Å². The number of benzene rings is 2. The maximum atomic E-state index is 12.4. The van der Waals surface area contributed by atoms with E-state index in [4.69, 9.17) is 11.6 Å². The van der Waals surface area contributed by atoms with Gasteiger partial charge in [-0.2, -0.15) is 0 Å². The number of aryl methyl sites for hydroxylation is 3. The van der Waals surface area contributed by atoms with E-state index in [9.17, 15) is 8.42 Å². The van der Waals surface area contributed by atoms with Crippen LogP contribution in [0.4, 0.5) is 5.69 Å². The van der Waals surface area contributed by atoms with Gasteiger partial charge in [-0.1, -0.05) is 18.2 Å². The van der Waals surface area contributed by atoms with Crippen molar-refractivity contribution in [3.63, 3.8) is 0 Å². The fourth-order valence-electron chi connectivity index (χ4n) is 2.19. The van der Waals surface area contributed by atoms with Gasteiger partial charge in [-0.15, -0.1) is 11.6 Å². The van der Waals surface area contributed by atoms with Gasteiger partial charge >= 0.3 is 0 Å². The molecule has 0 aliphatic heterocycles. The zero-order valence-electron chi connectivity index (χ0n) is 12.1. The van der Waals surface area contributed by atoms with Gasteiger partial charge < -0.3 is 0 Å². The lowest BCUT2D eigenvalue weighted by molar-refractivity contribution is 0.601. The van der Waals surface area contributed by atoms with E-state index in [0.717, 1.165) is 23.1 Å². The third-order valence-corrected chi connectivity index (χ3v) is 4.68.